The van der Waals surface area contributed by atoms with Gasteiger partial charge in [-0.25, -0.2) is 4.98 Å². The van der Waals surface area contributed by atoms with Crippen LogP contribution in [0.4, 0.5) is 0 Å². The van der Waals surface area contributed by atoms with Crippen LogP contribution in [0.25, 0.3) is 0 Å². The van der Waals surface area contributed by atoms with E-state index in [0.717, 1.165) is 0 Å². The molecule has 1 radical (unpaired) electrons. The Morgan fingerprint density at radius 1 is 1.64 bits per heavy atom. The molecule has 1 aromatic rings. The van der Waals surface area contributed by atoms with Crippen molar-refractivity contribution in [2.24, 2.45) is 5.92 Å². The van der Waals surface area contributed by atoms with Crippen molar-refractivity contribution in [1.82, 2.24) is 4.98 Å². The molecule has 0 saturated carbocycles. The van der Waals surface area contributed by atoms with Gasteiger partial charge in [0.25, 0.3) is 0 Å². The minimum atomic E-state index is 0.539. The van der Waals surface area contributed by atoms with Gasteiger partial charge in [-0.3, -0.25) is 0 Å². The fraction of sp³-hybridized carbons (Fsp3) is 0.444. The first-order chi connectivity index (χ1) is 5.29. The summed E-state index contributed by atoms with van der Waals surface area (Å²) in [6.07, 6.45) is 2.71. The van der Waals surface area contributed by atoms with Gasteiger partial charge in [-0.2, -0.15) is 0 Å². The molecule has 0 amide bonds. The molecule has 0 aliphatic rings. The lowest BCUT2D eigenvalue weighted by Gasteiger charge is -2.05. The SMILES string of the molecule is CC(C)COc1ccc[c]n1. The minimum absolute atomic E-state index is 0.539. The molecule has 1 heterocycles. The van der Waals surface area contributed by atoms with Crippen LogP contribution in [0.2, 0.25) is 0 Å². The Labute approximate surface area is 67.2 Å². The lowest BCUT2D eigenvalue weighted by atomic mass is 10.2. The minimum Gasteiger partial charge on any atom is -0.477 e. The van der Waals surface area contributed by atoms with Crippen molar-refractivity contribution in [3.8, 4) is 5.88 Å². The highest BCUT2D eigenvalue weighted by molar-refractivity contribution is 5.08. The van der Waals surface area contributed by atoms with E-state index in [4.69, 9.17) is 4.74 Å². The summed E-state index contributed by atoms with van der Waals surface area (Å²) < 4.78 is 5.33. The monoisotopic (exact) mass is 150 g/mol. The number of pyridine rings is 1. The average molecular weight is 150 g/mol. The van der Waals surface area contributed by atoms with E-state index in [-0.39, 0.29) is 0 Å². The lowest BCUT2D eigenvalue weighted by molar-refractivity contribution is 0.261. The number of nitrogens with zero attached hydrogens (tertiary/aromatic N) is 1. The van der Waals surface area contributed by atoms with E-state index >= 15 is 0 Å². The largest absolute Gasteiger partial charge is 0.477 e. The van der Waals surface area contributed by atoms with Gasteiger partial charge in [-0.1, -0.05) is 19.9 Å². The summed E-state index contributed by atoms with van der Waals surface area (Å²) in [5.41, 5.74) is 0. The van der Waals surface area contributed by atoms with Gasteiger partial charge in [0, 0.05) is 6.07 Å². The zero-order valence-corrected chi connectivity index (χ0v) is 6.87. The molecule has 0 atom stereocenters. The molecule has 0 spiro atoms. The predicted molar refractivity (Wildman–Crippen MR) is 43.4 cm³/mol. The fourth-order valence-corrected chi connectivity index (χ4v) is 0.644. The van der Waals surface area contributed by atoms with Crippen LogP contribution in [0.1, 0.15) is 13.8 Å². The highest BCUT2D eigenvalue weighted by Crippen LogP contribution is 2.04. The number of aromatic nitrogens is 1. The van der Waals surface area contributed by atoms with Crippen molar-refractivity contribution in [2.45, 2.75) is 13.8 Å². The molecule has 1 aromatic heterocycles. The molecule has 2 heteroatoms. The van der Waals surface area contributed by atoms with Crippen LogP contribution in [0.3, 0.4) is 0 Å². The fourth-order valence-electron chi connectivity index (χ4n) is 0.644. The van der Waals surface area contributed by atoms with E-state index in [0.29, 0.717) is 18.4 Å². The third kappa shape index (κ3) is 3.03. The molecule has 0 unspecified atom stereocenters. The summed E-state index contributed by atoms with van der Waals surface area (Å²) in [6, 6.07) is 5.45. The molecule has 59 valence electrons. The molecule has 0 aromatic carbocycles. The standard InChI is InChI=1S/C9H12NO/c1-8(2)7-11-9-5-3-4-6-10-9/h3-5,8H,7H2,1-2H3. The number of ether oxygens (including phenoxy) is 1. The lowest BCUT2D eigenvalue weighted by Crippen LogP contribution is -2.05. The Balaban J connectivity index is 2.39. The topological polar surface area (TPSA) is 22.1 Å². The van der Waals surface area contributed by atoms with Crippen LogP contribution in [-0.2, 0) is 0 Å². The first-order valence-corrected chi connectivity index (χ1v) is 3.75. The summed E-state index contributed by atoms with van der Waals surface area (Å²) in [5.74, 6) is 1.19. The van der Waals surface area contributed by atoms with E-state index in [2.05, 4.69) is 25.0 Å². The number of rotatable bonds is 3. The van der Waals surface area contributed by atoms with E-state index < -0.39 is 0 Å². The van der Waals surface area contributed by atoms with Crippen molar-refractivity contribution in [2.75, 3.05) is 6.61 Å². The smallest absolute Gasteiger partial charge is 0.213 e. The first-order valence-electron chi connectivity index (χ1n) is 3.75. The molecular weight excluding hydrogens is 138 g/mol. The molecular formula is C9H12NO. The second-order valence-corrected chi connectivity index (χ2v) is 2.81. The maximum Gasteiger partial charge on any atom is 0.213 e. The highest BCUT2D eigenvalue weighted by Gasteiger charge is 1.95. The first kappa shape index (κ1) is 8.05. The van der Waals surface area contributed by atoms with Crippen LogP contribution in [-0.4, -0.2) is 11.6 Å². The molecule has 2 nitrogen and oxygen atoms in total. The summed E-state index contributed by atoms with van der Waals surface area (Å²) in [7, 11) is 0. The average Bonchev–Trinajstić information content (AvgIpc) is 2.03. The van der Waals surface area contributed by atoms with Crippen LogP contribution in [0, 0.1) is 12.1 Å². The Hall–Kier alpha value is -1.05. The predicted octanol–water partition coefficient (Wildman–Crippen LogP) is 1.92. The molecule has 0 bridgehead atoms. The van der Waals surface area contributed by atoms with E-state index in [9.17, 15) is 0 Å². The van der Waals surface area contributed by atoms with Gasteiger partial charge in [0.2, 0.25) is 5.88 Å². The van der Waals surface area contributed by atoms with Crippen LogP contribution >= 0.6 is 0 Å². The van der Waals surface area contributed by atoms with Gasteiger partial charge < -0.3 is 4.74 Å². The normalized spacial score (nSPS) is 10.1. The van der Waals surface area contributed by atoms with Gasteiger partial charge in [0.15, 0.2) is 0 Å². The maximum atomic E-state index is 5.33. The third-order valence-electron chi connectivity index (χ3n) is 1.15. The Kier molecular flexibility index (Phi) is 2.90. The number of hydrogen-bond donors (Lipinski definition) is 0. The zero-order chi connectivity index (χ0) is 8.10. The molecule has 0 aliphatic carbocycles. The van der Waals surface area contributed by atoms with Crippen molar-refractivity contribution < 1.29 is 4.74 Å². The van der Waals surface area contributed by atoms with Crippen molar-refractivity contribution >= 4 is 0 Å². The second kappa shape index (κ2) is 3.96. The van der Waals surface area contributed by atoms with Crippen molar-refractivity contribution in [3.05, 3.63) is 24.4 Å². The quantitative estimate of drug-likeness (QED) is 0.656. The molecule has 0 saturated heterocycles. The Morgan fingerprint density at radius 2 is 2.45 bits per heavy atom. The van der Waals surface area contributed by atoms with Gasteiger partial charge in [0.05, 0.1) is 12.8 Å². The van der Waals surface area contributed by atoms with E-state index in [1.165, 1.54) is 0 Å². The van der Waals surface area contributed by atoms with Gasteiger partial charge in [-0.05, 0) is 12.0 Å². The highest BCUT2D eigenvalue weighted by atomic mass is 16.5. The molecule has 0 fully saturated rings. The maximum absolute atomic E-state index is 5.33. The molecule has 0 N–H and O–H groups in total. The molecule has 11 heavy (non-hydrogen) atoms. The third-order valence-corrected chi connectivity index (χ3v) is 1.15. The van der Waals surface area contributed by atoms with Gasteiger partial charge in [0.1, 0.15) is 0 Å². The second-order valence-electron chi connectivity index (χ2n) is 2.81. The Morgan fingerprint density at radius 3 is 3.00 bits per heavy atom. The molecule has 1 rings (SSSR count). The van der Waals surface area contributed by atoms with Crippen LogP contribution in [0.15, 0.2) is 18.2 Å². The van der Waals surface area contributed by atoms with Gasteiger partial charge >= 0.3 is 0 Å². The molecule has 0 aliphatic heterocycles. The summed E-state index contributed by atoms with van der Waals surface area (Å²) in [5, 5.41) is 0. The van der Waals surface area contributed by atoms with E-state index in [1.807, 2.05) is 12.1 Å². The summed E-state index contributed by atoms with van der Waals surface area (Å²) in [4.78, 5) is 3.90. The summed E-state index contributed by atoms with van der Waals surface area (Å²) in [6.45, 7) is 4.92. The zero-order valence-electron chi connectivity index (χ0n) is 6.87. The van der Waals surface area contributed by atoms with Crippen LogP contribution in [0.5, 0.6) is 5.88 Å². The van der Waals surface area contributed by atoms with E-state index in [1.54, 1.807) is 6.07 Å². The van der Waals surface area contributed by atoms with Gasteiger partial charge in [-0.15, -0.1) is 0 Å². The van der Waals surface area contributed by atoms with Crippen molar-refractivity contribution in [3.63, 3.8) is 0 Å². The number of hydrogen-bond acceptors (Lipinski definition) is 2. The Bertz CT molecular complexity index is 196. The van der Waals surface area contributed by atoms with Crippen LogP contribution < -0.4 is 4.74 Å². The summed E-state index contributed by atoms with van der Waals surface area (Å²) >= 11 is 0. The van der Waals surface area contributed by atoms with Crippen molar-refractivity contribution in [1.29, 1.82) is 0 Å².